The lowest BCUT2D eigenvalue weighted by molar-refractivity contribution is -0.0857. The molecule has 0 amide bonds. The van der Waals surface area contributed by atoms with Gasteiger partial charge in [0.05, 0.1) is 18.1 Å². The van der Waals surface area contributed by atoms with Gasteiger partial charge in [-0.2, -0.15) is 5.26 Å². The highest BCUT2D eigenvalue weighted by Gasteiger charge is 2.23. The zero-order chi connectivity index (χ0) is 14.8. The van der Waals surface area contributed by atoms with Crippen molar-refractivity contribution in [1.29, 1.82) is 5.26 Å². The monoisotopic (exact) mass is 291 g/mol. The fourth-order valence-electron chi connectivity index (χ4n) is 2.11. The standard InChI is InChI=1S/C16H25NO2Si/c1-3-4-10-16(2,13-17)11-12-18-15(19-20)14-8-6-5-7-9-14/h5-9,15H,3-4,10-12H2,1-2,20H3. The molecule has 2 atom stereocenters. The Bertz CT molecular complexity index is 418. The van der Waals surface area contributed by atoms with Gasteiger partial charge < -0.3 is 9.16 Å². The second-order valence-electron chi connectivity index (χ2n) is 5.38. The molecular weight excluding hydrogens is 266 g/mol. The molecule has 0 saturated heterocycles. The molecule has 0 aliphatic carbocycles. The first kappa shape index (κ1) is 16.9. The minimum atomic E-state index is -0.294. The zero-order valence-electron chi connectivity index (χ0n) is 12.8. The van der Waals surface area contributed by atoms with Crippen LogP contribution in [-0.4, -0.2) is 17.1 Å². The molecule has 4 heteroatoms. The molecule has 20 heavy (non-hydrogen) atoms. The third kappa shape index (κ3) is 5.46. The van der Waals surface area contributed by atoms with E-state index in [1.54, 1.807) is 0 Å². The molecule has 0 N–H and O–H groups in total. The number of nitrogens with zero attached hydrogens (tertiary/aromatic N) is 1. The van der Waals surface area contributed by atoms with E-state index >= 15 is 0 Å². The van der Waals surface area contributed by atoms with Crippen LogP contribution in [0.4, 0.5) is 0 Å². The van der Waals surface area contributed by atoms with E-state index in [9.17, 15) is 5.26 Å². The quantitative estimate of drug-likeness (QED) is 0.518. The molecule has 3 nitrogen and oxygen atoms in total. The molecule has 1 rings (SSSR count). The summed E-state index contributed by atoms with van der Waals surface area (Å²) >= 11 is 0. The van der Waals surface area contributed by atoms with Crippen molar-refractivity contribution in [3.8, 4) is 6.07 Å². The van der Waals surface area contributed by atoms with Crippen molar-refractivity contribution >= 4 is 10.5 Å². The molecule has 0 aromatic heterocycles. The minimum absolute atomic E-state index is 0.289. The summed E-state index contributed by atoms with van der Waals surface area (Å²) in [4.78, 5) is 0. The maximum Gasteiger partial charge on any atom is 0.173 e. The van der Waals surface area contributed by atoms with Gasteiger partial charge in [-0.3, -0.25) is 0 Å². The average Bonchev–Trinajstić information content (AvgIpc) is 2.50. The molecule has 0 aliphatic rings. The summed E-state index contributed by atoms with van der Waals surface area (Å²) < 4.78 is 11.3. The minimum Gasteiger partial charge on any atom is -0.400 e. The summed E-state index contributed by atoms with van der Waals surface area (Å²) in [6, 6.07) is 12.4. The lowest BCUT2D eigenvalue weighted by Gasteiger charge is -2.23. The largest absolute Gasteiger partial charge is 0.400 e. The van der Waals surface area contributed by atoms with Crippen LogP contribution in [0.3, 0.4) is 0 Å². The zero-order valence-corrected chi connectivity index (χ0v) is 14.8. The second-order valence-corrected chi connectivity index (χ2v) is 5.85. The number of nitriles is 1. The Morgan fingerprint density at radius 2 is 2.00 bits per heavy atom. The first-order valence-corrected chi connectivity index (χ1v) is 8.07. The summed E-state index contributed by atoms with van der Waals surface area (Å²) in [6.07, 6.45) is 3.59. The maximum atomic E-state index is 9.32. The van der Waals surface area contributed by atoms with Gasteiger partial charge >= 0.3 is 0 Å². The maximum absolute atomic E-state index is 9.32. The van der Waals surface area contributed by atoms with E-state index in [1.807, 2.05) is 37.3 Å². The third-order valence-corrected chi connectivity index (χ3v) is 3.99. The third-order valence-electron chi connectivity index (χ3n) is 3.56. The number of hydrogen-bond donors (Lipinski definition) is 0. The second kappa shape index (κ2) is 8.91. The molecular formula is C16H25NO2Si. The van der Waals surface area contributed by atoms with Gasteiger partial charge in [0.2, 0.25) is 0 Å². The van der Waals surface area contributed by atoms with Crippen LogP contribution in [-0.2, 0) is 9.16 Å². The lowest BCUT2D eigenvalue weighted by atomic mass is 9.83. The van der Waals surface area contributed by atoms with E-state index in [4.69, 9.17) is 9.16 Å². The topological polar surface area (TPSA) is 42.2 Å². The Hall–Kier alpha value is -1.15. The van der Waals surface area contributed by atoms with E-state index in [-0.39, 0.29) is 11.7 Å². The predicted octanol–water partition coefficient (Wildman–Crippen LogP) is 3.11. The number of ether oxygens (including phenoxy) is 1. The molecule has 0 aliphatic heterocycles. The van der Waals surface area contributed by atoms with Crippen molar-refractivity contribution in [2.75, 3.05) is 6.61 Å². The van der Waals surface area contributed by atoms with E-state index in [2.05, 4.69) is 13.0 Å². The molecule has 0 saturated carbocycles. The Morgan fingerprint density at radius 3 is 2.55 bits per heavy atom. The molecule has 2 unspecified atom stereocenters. The van der Waals surface area contributed by atoms with Gasteiger partial charge in [0.25, 0.3) is 0 Å². The van der Waals surface area contributed by atoms with Crippen molar-refractivity contribution in [2.45, 2.75) is 45.8 Å². The summed E-state index contributed by atoms with van der Waals surface area (Å²) in [5, 5.41) is 9.32. The first-order valence-electron chi connectivity index (χ1n) is 7.26. The Balaban J connectivity index is 2.47. The van der Waals surface area contributed by atoms with Crippen molar-refractivity contribution < 1.29 is 9.16 Å². The molecule has 0 heterocycles. The van der Waals surface area contributed by atoms with Crippen LogP contribution in [0.2, 0.25) is 0 Å². The van der Waals surface area contributed by atoms with Crippen molar-refractivity contribution in [1.82, 2.24) is 0 Å². The van der Waals surface area contributed by atoms with Gasteiger partial charge in [0.1, 0.15) is 10.5 Å². The SMILES string of the molecule is CCCCC(C)(C#N)CCOC(O[SiH3])c1ccccc1. The molecule has 0 spiro atoms. The summed E-state index contributed by atoms with van der Waals surface area (Å²) in [6.45, 7) is 4.72. The number of hydrogen-bond acceptors (Lipinski definition) is 3. The highest BCUT2D eigenvalue weighted by molar-refractivity contribution is 5.98. The van der Waals surface area contributed by atoms with E-state index in [1.165, 1.54) is 0 Å². The van der Waals surface area contributed by atoms with Gasteiger partial charge in [-0.25, -0.2) is 0 Å². The van der Waals surface area contributed by atoms with Gasteiger partial charge in [0.15, 0.2) is 6.29 Å². The average molecular weight is 291 g/mol. The first-order chi connectivity index (χ1) is 9.65. The van der Waals surface area contributed by atoms with Crippen LogP contribution in [0.5, 0.6) is 0 Å². The number of rotatable bonds is 9. The van der Waals surface area contributed by atoms with Crippen LogP contribution in [0.1, 0.15) is 51.4 Å². The van der Waals surface area contributed by atoms with Gasteiger partial charge in [-0.15, -0.1) is 0 Å². The van der Waals surface area contributed by atoms with Crippen LogP contribution in [0.25, 0.3) is 0 Å². The predicted molar refractivity (Wildman–Crippen MR) is 84.0 cm³/mol. The number of benzene rings is 1. The normalized spacial score (nSPS) is 15.4. The van der Waals surface area contributed by atoms with Crippen molar-refractivity contribution in [3.05, 3.63) is 35.9 Å². The molecule has 110 valence electrons. The Kier molecular flexibility index (Phi) is 7.53. The lowest BCUT2D eigenvalue weighted by Crippen LogP contribution is -2.18. The number of unbranched alkanes of at least 4 members (excludes halogenated alkanes) is 1. The van der Waals surface area contributed by atoms with Gasteiger partial charge in [-0.05, 0) is 19.8 Å². The van der Waals surface area contributed by atoms with E-state index in [0.29, 0.717) is 17.1 Å². The van der Waals surface area contributed by atoms with Crippen LogP contribution < -0.4 is 0 Å². The molecule has 0 fully saturated rings. The van der Waals surface area contributed by atoms with Crippen molar-refractivity contribution in [2.24, 2.45) is 5.41 Å². The van der Waals surface area contributed by atoms with E-state index < -0.39 is 0 Å². The van der Waals surface area contributed by atoms with Crippen molar-refractivity contribution in [3.63, 3.8) is 0 Å². The smallest absolute Gasteiger partial charge is 0.173 e. The molecule has 0 radical (unpaired) electrons. The molecule has 1 aromatic rings. The van der Waals surface area contributed by atoms with Crippen LogP contribution in [0.15, 0.2) is 30.3 Å². The summed E-state index contributed by atoms with van der Waals surface area (Å²) in [5.41, 5.74) is 0.748. The molecule has 1 aromatic carbocycles. The molecule has 0 bridgehead atoms. The van der Waals surface area contributed by atoms with E-state index in [0.717, 1.165) is 31.2 Å². The highest BCUT2D eigenvalue weighted by Crippen LogP contribution is 2.28. The highest BCUT2D eigenvalue weighted by atomic mass is 28.2. The van der Waals surface area contributed by atoms with Gasteiger partial charge in [0, 0.05) is 5.56 Å². The summed E-state index contributed by atoms with van der Waals surface area (Å²) in [5.74, 6) is 0. The van der Waals surface area contributed by atoms with Crippen LogP contribution >= 0.6 is 0 Å². The Morgan fingerprint density at radius 1 is 1.30 bits per heavy atom. The Labute approximate surface area is 125 Å². The van der Waals surface area contributed by atoms with Gasteiger partial charge in [-0.1, -0.05) is 50.1 Å². The summed E-state index contributed by atoms with van der Waals surface area (Å²) in [7, 11) is 0.626. The fourth-order valence-corrected chi connectivity index (χ4v) is 2.51. The van der Waals surface area contributed by atoms with Crippen LogP contribution in [0, 0.1) is 16.7 Å². The fraction of sp³-hybridized carbons (Fsp3) is 0.562.